The van der Waals surface area contributed by atoms with Crippen LogP contribution in [0.3, 0.4) is 0 Å². The van der Waals surface area contributed by atoms with Gasteiger partial charge in [0.25, 0.3) is 5.91 Å². The largest absolute Gasteiger partial charge is 0.480 e. The SMILES string of the molecule is CC(Sc1ccccc1C(=O)N(C)CC(F)(F)F)C(=O)O. The number of aliphatic carboxylic acids is 1. The second-order valence-electron chi connectivity index (χ2n) is 4.37. The van der Waals surface area contributed by atoms with Gasteiger partial charge in [-0.25, -0.2) is 0 Å². The molecule has 0 bridgehead atoms. The van der Waals surface area contributed by atoms with E-state index in [1.807, 2.05) is 0 Å². The Labute approximate surface area is 123 Å². The number of carboxylic acid groups (broad SMARTS) is 1. The number of thioether (sulfide) groups is 1. The summed E-state index contributed by atoms with van der Waals surface area (Å²) in [5, 5.41) is 8.06. The standard InChI is InChI=1S/C13H14F3NO3S/c1-8(12(19)20)21-10-6-4-3-5-9(10)11(18)17(2)7-13(14,15)16/h3-6,8H,7H2,1-2H3,(H,19,20). The van der Waals surface area contributed by atoms with Gasteiger partial charge in [-0.15, -0.1) is 11.8 Å². The van der Waals surface area contributed by atoms with Gasteiger partial charge in [-0.3, -0.25) is 9.59 Å². The van der Waals surface area contributed by atoms with E-state index in [4.69, 9.17) is 5.11 Å². The molecule has 1 aromatic rings. The maximum atomic E-state index is 12.3. The number of benzene rings is 1. The molecule has 1 N–H and O–H groups in total. The zero-order valence-electron chi connectivity index (χ0n) is 11.3. The number of alkyl halides is 3. The average molecular weight is 321 g/mol. The Kier molecular flexibility index (Phi) is 5.65. The molecule has 1 atom stereocenters. The molecule has 21 heavy (non-hydrogen) atoms. The van der Waals surface area contributed by atoms with Gasteiger partial charge in [0.2, 0.25) is 0 Å². The molecule has 1 rings (SSSR count). The highest BCUT2D eigenvalue weighted by atomic mass is 32.2. The summed E-state index contributed by atoms with van der Waals surface area (Å²) < 4.78 is 37.0. The summed E-state index contributed by atoms with van der Waals surface area (Å²) in [5.41, 5.74) is 0.0577. The normalized spacial score (nSPS) is 12.8. The van der Waals surface area contributed by atoms with Gasteiger partial charge in [-0.1, -0.05) is 12.1 Å². The maximum Gasteiger partial charge on any atom is 0.406 e. The average Bonchev–Trinajstić information content (AvgIpc) is 2.36. The highest BCUT2D eigenvalue weighted by Crippen LogP contribution is 2.28. The lowest BCUT2D eigenvalue weighted by atomic mass is 10.2. The lowest BCUT2D eigenvalue weighted by molar-refractivity contribution is -0.138. The van der Waals surface area contributed by atoms with Crippen molar-refractivity contribution in [2.24, 2.45) is 0 Å². The van der Waals surface area contributed by atoms with Crippen LogP contribution in [0.5, 0.6) is 0 Å². The summed E-state index contributed by atoms with van der Waals surface area (Å²) in [4.78, 5) is 23.8. The molecule has 0 heterocycles. The minimum absolute atomic E-state index is 0.0577. The molecule has 0 aliphatic rings. The first-order valence-electron chi connectivity index (χ1n) is 5.92. The second kappa shape index (κ2) is 6.84. The quantitative estimate of drug-likeness (QED) is 0.847. The first kappa shape index (κ1) is 17.4. The van der Waals surface area contributed by atoms with Crippen LogP contribution in [0.25, 0.3) is 0 Å². The van der Waals surface area contributed by atoms with Crippen LogP contribution >= 0.6 is 11.8 Å². The van der Waals surface area contributed by atoms with Crippen LogP contribution in [0.15, 0.2) is 29.2 Å². The van der Waals surface area contributed by atoms with E-state index in [1.54, 1.807) is 6.07 Å². The first-order valence-corrected chi connectivity index (χ1v) is 6.80. The van der Waals surface area contributed by atoms with Crippen molar-refractivity contribution in [2.75, 3.05) is 13.6 Å². The Morgan fingerprint density at radius 1 is 1.33 bits per heavy atom. The van der Waals surface area contributed by atoms with Crippen molar-refractivity contribution in [1.82, 2.24) is 4.90 Å². The fraction of sp³-hybridized carbons (Fsp3) is 0.385. The topological polar surface area (TPSA) is 57.6 Å². The molecule has 0 saturated heterocycles. The van der Waals surface area contributed by atoms with Crippen LogP contribution in [0.1, 0.15) is 17.3 Å². The summed E-state index contributed by atoms with van der Waals surface area (Å²) in [6, 6.07) is 6.01. The van der Waals surface area contributed by atoms with Crippen LogP contribution in [0.4, 0.5) is 13.2 Å². The Balaban J connectivity index is 2.97. The van der Waals surface area contributed by atoms with Crippen molar-refractivity contribution in [2.45, 2.75) is 23.2 Å². The molecule has 0 spiro atoms. The summed E-state index contributed by atoms with van der Waals surface area (Å²) >= 11 is 0.914. The number of nitrogens with zero attached hydrogens (tertiary/aromatic N) is 1. The summed E-state index contributed by atoms with van der Waals surface area (Å²) in [5.74, 6) is -1.86. The Bertz CT molecular complexity index is 534. The molecule has 0 aliphatic heterocycles. The molecule has 0 radical (unpaired) electrons. The smallest absolute Gasteiger partial charge is 0.406 e. The molecule has 1 aromatic carbocycles. The van der Waals surface area contributed by atoms with E-state index in [9.17, 15) is 22.8 Å². The van der Waals surface area contributed by atoms with E-state index >= 15 is 0 Å². The number of carbonyl (C=O) groups excluding carboxylic acids is 1. The van der Waals surface area contributed by atoms with Gasteiger partial charge in [0.15, 0.2) is 0 Å². The number of carbonyl (C=O) groups is 2. The maximum absolute atomic E-state index is 12.3. The molecule has 1 amide bonds. The van der Waals surface area contributed by atoms with E-state index in [0.717, 1.165) is 18.8 Å². The van der Waals surface area contributed by atoms with E-state index in [1.165, 1.54) is 25.1 Å². The van der Waals surface area contributed by atoms with Gasteiger partial charge in [-0.2, -0.15) is 13.2 Å². The fourth-order valence-electron chi connectivity index (χ4n) is 1.53. The minimum atomic E-state index is -4.49. The summed E-state index contributed by atoms with van der Waals surface area (Å²) in [6.07, 6.45) is -4.49. The summed E-state index contributed by atoms with van der Waals surface area (Å²) in [6.45, 7) is 0.0764. The van der Waals surface area contributed by atoms with Gasteiger partial charge in [0.05, 0.1) is 5.56 Å². The molecule has 0 aliphatic carbocycles. The third kappa shape index (κ3) is 5.30. The third-order valence-electron chi connectivity index (χ3n) is 2.53. The molecular weight excluding hydrogens is 307 g/mol. The summed E-state index contributed by atoms with van der Waals surface area (Å²) in [7, 11) is 1.05. The molecule has 8 heteroatoms. The molecule has 0 aromatic heterocycles. The number of rotatable bonds is 5. The number of amides is 1. The zero-order chi connectivity index (χ0) is 16.2. The monoisotopic (exact) mass is 321 g/mol. The highest BCUT2D eigenvalue weighted by molar-refractivity contribution is 8.00. The van der Waals surface area contributed by atoms with Crippen molar-refractivity contribution >= 4 is 23.6 Å². The Hall–Kier alpha value is -1.70. The minimum Gasteiger partial charge on any atom is -0.480 e. The van der Waals surface area contributed by atoms with Crippen LogP contribution in [0.2, 0.25) is 0 Å². The van der Waals surface area contributed by atoms with Gasteiger partial charge in [0.1, 0.15) is 11.8 Å². The van der Waals surface area contributed by atoms with Crippen LogP contribution in [0, 0.1) is 0 Å². The van der Waals surface area contributed by atoms with Crippen molar-refractivity contribution in [1.29, 1.82) is 0 Å². The molecule has 0 fully saturated rings. The van der Waals surface area contributed by atoms with Crippen molar-refractivity contribution in [3.05, 3.63) is 29.8 Å². The third-order valence-corrected chi connectivity index (χ3v) is 3.70. The van der Waals surface area contributed by atoms with E-state index in [0.29, 0.717) is 9.80 Å². The number of hydrogen-bond acceptors (Lipinski definition) is 3. The van der Waals surface area contributed by atoms with Gasteiger partial charge < -0.3 is 10.0 Å². The Morgan fingerprint density at radius 2 is 1.90 bits per heavy atom. The molecule has 4 nitrogen and oxygen atoms in total. The molecule has 1 unspecified atom stereocenters. The van der Waals surface area contributed by atoms with Crippen molar-refractivity contribution in [3.63, 3.8) is 0 Å². The van der Waals surface area contributed by atoms with E-state index in [2.05, 4.69) is 0 Å². The van der Waals surface area contributed by atoms with Crippen molar-refractivity contribution < 1.29 is 27.9 Å². The lowest BCUT2D eigenvalue weighted by Crippen LogP contribution is -2.36. The number of hydrogen-bond donors (Lipinski definition) is 1. The number of halogens is 3. The zero-order valence-corrected chi connectivity index (χ0v) is 12.2. The lowest BCUT2D eigenvalue weighted by Gasteiger charge is -2.20. The first-order chi connectivity index (χ1) is 9.61. The van der Waals surface area contributed by atoms with Gasteiger partial charge in [-0.05, 0) is 19.1 Å². The van der Waals surface area contributed by atoms with Crippen LogP contribution < -0.4 is 0 Å². The van der Waals surface area contributed by atoms with Crippen molar-refractivity contribution in [3.8, 4) is 0 Å². The van der Waals surface area contributed by atoms with Crippen LogP contribution in [-0.2, 0) is 4.79 Å². The molecular formula is C13H14F3NO3S. The molecule has 0 saturated carbocycles. The molecule has 116 valence electrons. The van der Waals surface area contributed by atoms with E-state index in [-0.39, 0.29) is 5.56 Å². The second-order valence-corrected chi connectivity index (χ2v) is 5.75. The Morgan fingerprint density at radius 3 is 2.43 bits per heavy atom. The fourth-order valence-corrected chi connectivity index (χ4v) is 2.45. The highest BCUT2D eigenvalue weighted by Gasteiger charge is 2.32. The number of carboxylic acids is 1. The van der Waals surface area contributed by atoms with E-state index < -0.39 is 29.8 Å². The van der Waals surface area contributed by atoms with Crippen LogP contribution in [-0.4, -0.2) is 46.9 Å². The van der Waals surface area contributed by atoms with Gasteiger partial charge in [0, 0.05) is 11.9 Å². The van der Waals surface area contributed by atoms with Gasteiger partial charge >= 0.3 is 12.1 Å². The predicted octanol–water partition coefficient (Wildman–Crippen LogP) is 2.89. The predicted molar refractivity (Wildman–Crippen MR) is 72.4 cm³/mol.